The fourth-order valence-electron chi connectivity index (χ4n) is 3.68. The summed E-state index contributed by atoms with van der Waals surface area (Å²) in [4.78, 5) is 2.21. The van der Waals surface area contributed by atoms with Gasteiger partial charge in [-0.05, 0) is 57.7 Å². The first-order valence-electron chi connectivity index (χ1n) is 13.2. The van der Waals surface area contributed by atoms with Crippen molar-refractivity contribution in [1.29, 1.82) is 0 Å². The van der Waals surface area contributed by atoms with Crippen LogP contribution in [-0.4, -0.2) is 89.0 Å². The molecule has 0 saturated heterocycles. The summed E-state index contributed by atoms with van der Waals surface area (Å²) in [7, 11) is 0.164. The van der Waals surface area contributed by atoms with E-state index < -0.39 is 17.6 Å². The Labute approximate surface area is 234 Å². The molecule has 1 aromatic carbocycles. The molecule has 8 nitrogen and oxygen atoms in total. The highest BCUT2D eigenvalue weighted by molar-refractivity contribution is 7.80. The molecule has 0 amide bonds. The van der Waals surface area contributed by atoms with Gasteiger partial charge in [-0.3, -0.25) is 0 Å². The summed E-state index contributed by atoms with van der Waals surface area (Å²) in [5, 5.41) is 3.45. The highest BCUT2D eigenvalue weighted by atomic mass is 32.1. The van der Waals surface area contributed by atoms with E-state index in [-0.39, 0.29) is 0 Å². The number of nitrogens with zero attached hydrogens (tertiary/aromatic N) is 1. The maximum atomic E-state index is 5.67. The maximum absolute atomic E-state index is 5.67. The monoisotopic (exact) mass is 576 g/mol. The van der Waals surface area contributed by atoms with Gasteiger partial charge in [0.25, 0.3) is 0 Å². The molecule has 0 bridgehead atoms. The molecular formula is C26H52N2O6SSi2. The number of thiol groups is 1. The molecule has 0 saturated carbocycles. The lowest BCUT2D eigenvalue weighted by atomic mass is 10.2. The Morgan fingerprint density at radius 3 is 1.84 bits per heavy atom. The van der Waals surface area contributed by atoms with Crippen LogP contribution in [-0.2, 0) is 33.1 Å². The number of rotatable bonds is 22. The molecule has 0 fully saturated rings. The average molecular weight is 577 g/mol. The van der Waals surface area contributed by atoms with Crippen LogP contribution in [0.2, 0.25) is 12.1 Å². The molecular weight excluding hydrogens is 525 g/mol. The molecule has 0 unspecified atom stereocenters. The highest BCUT2D eigenvalue weighted by Gasteiger charge is 2.39. The van der Waals surface area contributed by atoms with Crippen molar-refractivity contribution in [2.45, 2.75) is 52.2 Å². The lowest BCUT2D eigenvalue weighted by molar-refractivity contribution is 0.0712. The molecule has 11 heteroatoms. The van der Waals surface area contributed by atoms with Crippen LogP contribution in [0.4, 0.5) is 0 Å². The van der Waals surface area contributed by atoms with Gasteiger partial charge in [0.15, 0.2) is 0 Å². The zero-order valence-corrected chi connectivity index (χ0v) is 26.9. The lowest BCUT2D eigenvalue weighted by Crippen LogP contribution is -2.46. The van der Waals surface area contributed by atoms with Crippen LogP contribution in [0.25, 0.3) is 0 Å². The zero-order valence-electron chi connectivity index (χ0n) is 24.0. The summed E-state index contributed by atoms with van der Waals surface area (Å²) in [6, 6.07) is 12.1. The van der Waals surface area contributed by atoms with Gasteiger partial charge < -0.3 is 36.8 Å². The predicted octanol–water partition coefficient (Wildman–Crippen LogP) is 4.84. The molecule has 0 heterocycles. The van der Waals surface area contributed by atoms with Crippen LogP contribution < -0.4 is 5.32 Å². The zero-order chi connectivity index (χ0) is 27.8. The highest BCUT2D eigenvalue weighted by Crippen LogP contribution is 2.18. The van der Waals surface area contributed by atoms with Crippen LogP contribution in [0, 0.1) is 0 Å². The van der Waals surface area contributed by atoms with E-state index in [1.807, 2.05) is 33.0 Å². The standard InChI is InChI=1S/C17H30N2O3Si.C9H22O3SSi/c1-5-19(16-17-10-7-6-8-11-17)14-13-18-12-9-15-23(20-2,21-3)22-4;1-4-10-14(11-5-2,12-6-3)9-7-8-13/h5-8,10-11,18H,1,9,12-16H2,2-4H3;13H,4-9H2,1-3H3. The molecule has 0 aliphatic rings. The second-order valence-electron chi connectivity index (χ2n) is 8.10. The van der Waals surface area contributed by atoms with Crippen LogP contribution in [0.3, 0.4) is 0 Å². The van der Waals surface area contributed by atoms with E-state index in [2.05, 4.69) is 53.7 Å². The lowest BCUT2D eigenvalue weighted by Gasteiger charge is -2.28. The number of hydrogen-bond acceptors (Lipinski definition) is 9. The fraction of sp³-hybridized carbons (Fsp3) is 0.692. The van der Waals surface area contributed by atoms with Crippen molar-refractivity contribution in [3.63, 3.8) is 0 Å². The molecule has 1 rings (SSSR count). The topological polar surface area (TPSA) is 70.7 Å². The van der Waals surface area contributed by atoms with Gasteiger partial charge in [0.2, 0.25) is 0 Å². The molecule has 0 aliphatic heterocycles. The van der Waals surface area contributed by atoms with Crippen molar-refractivity contribution < 1.29 is 26.6 Å². The first-order chi connectivity index (χ1) is 17.9. The minimum absolute atomic E-state index is 0.652. The normalized spacial score (nSPS) is 11.6. The van der Waals surface area contributed by atoms with E-state index in [4.69, 9.17) is 26.6 Å². The van der Waals surface area contributed by atoms with Crippen molar-refractivity contribution in [3.05, 3.63) is 48.7 Å². The van der Waals surface area contributed by atoms with Crippen molar-refractivity contribution in [3.8, 4) is 0 Å². The molecule has 0 atom stereocenters. The van der Waals surface area contributed by atoms with E-state index in [1.165, 1.54) is 5.56 Å². The van der Waals surface area contributed by atoms with Gasteiger partial charge in [0.05, 0.1) is 0 Å². The van der Waals surface area contributed by atoms with E-state index >= 15 is 0 Å². The first kappa shape index (κ1) is 36.3. The molecule has 0 radical (unpaired) electrons. The van der Waals surface area contributed by atoms with Crippen molar-refractivity contribution >= 4 is 30.2 Å². The Bertz CT molecular complexity index is 634. The molecule has 216 valence electrons. The molecule has 1 aromatic rings. The van der Waals surface area contributed by atoms with Crippen molar-refractivity contribution in [1.82, 2.24) is 10.2 Å². The summed E-state index contributed by atoms with van der Waals surface area (Å²) in [6.07, 6.45) is 3.84. The largest absolute Gasteiger partial charge is 0.500 e. The van der Waals surface area contributed by atoms with Crippen LogP contribution in [0.15, 0.2) is 43.1 Å². The summed E-state index contributed by atoms with van der Waals surface area (Å²) >= 11 is 4.19. The Hall–Kier alpha value is -0.736. The van der Waals surface area contributed by atoms with E-state index in [0.29, 0.717) is 19.8 Å². The summed E-state index contributed by atoms with van der Waals surface area (Å²) in [5.74, 6) is 0.849. The Morgan fingerprint density at radius 1 is 0.838 bits per heavy atom. The maximum Gasteiger partial charge on any atom is 0.500 e. The van der Waals surface area contributed by atoms with Gasteiger partial charge in [0, 0.05) is 72.9 Å². The second-order valence-corrected chi connectivity index (χ2v) is 14.4. The third kappa shape index (κ3) is 16.1. The van der Waals surface area contributed by atoms with Crippen molar-refractivity contribution in [2.75, 3.05) is 66.5 Å². The molecule has 1 N–H and O–H groups in total. The van der Waals surface area contributed by atoms with Crippen LogP contribution in [0.5, 0.6) is 0 Å². The summed E-state index contributed by atoms with van der Waals surface area (Å²) < 4.78 is 33.2. The van der Waals surface area contributed by atoms with Gasteiger partial charge in [-0.1, -0.05) is 36.9 Å². The Morgan fingerprint density at radius 2 is 1.38 bits per heavy atom. The van der Waals surface area contributed by atoms with Gasteiger partial charge in [0.1, 0.15) is 0 Å². The fourth-order valence-corrected chi connectivity index (χ4v) is 8.47. The van der Waals surface area contributed by atoms with E-state index in [0.717, 1.165) is 56.9 Å². The molecule has 0 spiro atoms. The minimum Gasteiger partial charge on any atom is -0.377 e. The molecule has 0 aliphatic carbocycles. The summed E-state index contributed by atoms with van der Waals surface area (Å²) in [6.45, 7) is 15.4. The van der Waals surface area contributed by atoms with E-state index in [9.17, 15) is 0 Å². The quantitative estimate of drug-likeness (QED) is 0.115. The SMILES string of the molecule is C=CN(CCNCCC[Si](OC)(OC)OC)Cc1ccccc1.CCO[Si](CCCS)(OCC)OCC. The smallest absolute Gasteiger partial charge is 0.377 e. The summed E-state index contributed by atoms with van der Waals surface area (Å²) in [5.41, 5.74) is 1.29. The third-order valence-corrected chi connectivity index (χ3v) is 11.9. The van der Waals surface area contributed by atoms with Gasteiger partial charge >= 0.3 is 17.6 Å². The number of nitrogens with one attached hydrogen (secondary N) is 1. The Balaban J connectivity index is 0.000000795. The van der Waals surface area contributed by atoms with Crippen LogP contribution >= 0.6 is 12.6 Å². The third-order valence-electron chi connectivity index (χ3n) is 5.57. The minimum atomic E-state index is -2.42. The molecule has 37 heavy (non-hydrogen) atoms. The van der Waals surface area contributed by atoms with Gasteiger partial charge in [-0.15, -0.1) is 0 Å². The molecule has 0 aromatic heterocycles. The average Bonchev–Trinajstić information content (AvgIpc) is 2.92. The number of hydrogen-bond donors (Lipinski definition) is 2. The second kappa shape index (κ2) is 23.2. The van der Waals surface area contributed by atoms with Crippen LogP contribution in [0.1, 0.15) is 39.2 Å². The first-order valence-corrected chi connectivity index (χ1v) is 17.7. The predicted molar refractivity (Wildman–Crippen MR) is 160 cm³/mol. The van der Waals surface area contributed by atoms with Crippen molar-refractivity contribution in [2.24, 2.45) is 0 Å². The number of benzene rings is 1. The van der Waals surface area contributed by atoms with E-state index in [1.54, 1.807) is 21.3 Å². The Kier molecular flexibility index (Phi) is 22.7. The van der Waals surface area contributed by atoms with Gasteiger partial charge in [-0.2, -0.15) is 12.6 Å². The van der Waals surface area contributed by atoms with Gasteiger partial charge in [-0.25, -0.2) is 0 Å².